The Morgan fingerprint density at radius 1 is 1.09 bits per heavy atom. The van der Waals surface area contributed by atoms with Crippen LogP contribution in [0.4, 0.5) is 32.0 Å². The molecule has 182 valence electrons. The van der Waals surface area contributed by atoms with Gasteiger partial charge in [0.2, 0.25) is 5.91 Å². The van der Waals surface area contributed by atoms with Gasteiger partial charge in [0.15, 0.2) is 5.82 Å². The molecule has 1 fully saturated rings. The third kappa shape index (κ3) is 4.36. The van der Waals surface area contributed by atoms with E-state index in [0.717, 1.165) is 12.1 Å². The van der Waals surface area contributed by atoms with Gasteiger partial charge in [-0.25, -0.2) is 13.2 Å². The fraction of sp³-hybridized carbons (Fsp3) is 0.300. The normalized spacial score (nSPS) is 23.2. The lowest BCUT2D eigenvalue weighted by Crippen LogP contribution is -2.42. The van der Waals surface area contributed by atoms with Crippen LogP contribution in [0.15, 0.2) is 35.5 Å². The van der Waals surface area contributed by atoms with E-state index in [1.165, 1.54) is 18.2 Å². The van der Waals surface area contributed by atoms with E-state index < -0.39 is 63.8 Å². The van der Waals surface area contributed by atoms with Gasteiger partial charge in [-0.3, -0.25) is 15.6 Å². The number of rotatable bonds is 5. The maximum atomic E-state index is 14.1. The Balaban J connectivity index is 1.59. The summed E-state index contributed by atoms with van der Waals surface area (Å²) in [7, 11) is 0. The number of halogens is 9. The van der Waals surface area contributed by atoms with Crippen molar-refractivity contribution in [1.29, 1.82) is 0 Å². The number of alkyl halides is 5. The van der Waals surface area contributed by atoms with E-state index in [9.17, 15) is 31.1 Å². The number of amides is 1. The maximum Gasteiger partial charge on any atom is 0.435 e. The number of nitrogens with zero attached hydrogens (tertiary/aromatic N) is 1. The van der Waals surface area contributed by atoms with Gasteiger partial charge in [-0.15, -0.1) is 0 Å². The van der Waals surface area contributed by atoms with Crippen molar-refractivity contribution < 1.29 is 36.0 Å². The number of carbonyl (C=O) groups excluding carboxylic acids is 1. The summed E-state index contributed by atoms with van der Waals surface area (Å²) >= 11 is 17.4. The monoisotopic (exact) mass is 545 g/mol. The summed E-state index contributed by atoms with van der Waals surface area (Å²) in [5.41, 5.74) is 0.911. The molecule has 1 aliphatic carbocycles. The molecule has 0 unspecified atom stereocenters. The summed E-state index contributed by atoms with van der Waals surface area (Å²) in [6.45, 7) is 0. The number of hydrazine groups is 1. The highest BCUT2D eigenvalue weighted by molar-refractivity contribution is 6.35. The molecule has 4 rings (SSSR count). The maximum absolute atomic E-state index is 14.1. The molecule has 2 atom stereocenters. The fourth-order valence-electron chi connectivity index (χ4n) is 3.36. The van der Waals surface area contributed by atoms with E-state index in [1.807, 2.05) is 0 Å². The van der Waals surface area contributed by atoms with Crippen LogP contribution in [-0.4, -0.2) is 23.7 Å². The zero-order valence-corrected chi connectivity index (χ0v) is 18.8. The second kappa shape index (κ2) is 8.39. The van der Waals surface area contributed by atoms with Crippen molar-refractivity contribution >= 4 is 52.1 Å². The third-order valence-corrected chi connectivity index (χ3v) is 6.28. The number of nitrogens with one attached hydrogen (secondary N) is 2. The average molecular weight is 547 g/mol. The molecular formula is C20H12Cl3F6N3O2. The van der Waals surface area contributed by atoms with Gasteiger partial charge >= 0.3 is 6.18 Å². The van der Waals surface area contributed by atoms with Crippen LogP contribution in [0.25, 0.3) is 0 Å². The third-order valence-electron chi connectivity index (χ3n) is 5.40. The van der Waals surface area contributed by atoms with Crippen LogP contribution in [-0.2, 0) is 15.2 Å². The summed E-state index contributed by atoms with van der Waals surface area (Å²) in [4.78, 5) is 16.6. The first-order chi connectivity index (χ1) is 15.7. The zero-order chi connectivity index (χ0) is 25.1. The largest absolute Gasteiger partial charge is 0.435 e. The quantitative estimate of drug-likeness (QED) is 0.257. The molecule has 2 aromatic carbocycles. The minimum absolute atomic E-state index is 0.0246. The molecule has 0 radical (unpaired) electrons. The average Bonchev–Trinajstić information content (AvgIpc) is 3.17. The SMILES string of the molecule is O=C(NNc1cc(C2=NO[C@](c3cc(Cl)c(F)c(Cl)c3)(C(F)(F)F)C2)ccc1Cl)[C@H]1CC1(F)F. The van der Waals surface area contributed by atoms with Crippen LogP contribution in [0.2, 0.25) is 15.1 Å². The van der Waals surface area contributed by atoms with Crippen LogP contribution in [0.1, 0.15) is 24.0 Å². The van der Waals surface area contributed by atoms with Crippen molar-refractivity contribution in [3.8, 4) is 0 Å². The summed E-state index contributed by atoms with van der Waals surface area (Å²) in [6, 6.07) is 5.43. The Kier molecular flexibility index (Phi) is 6.10. The molecule has 5 nitrogen and oxygen atoms in total. The van der Waals surface area contributed by atoms with Crippen LogP contribution in [0.5, 0.6) is 0 Å². The van der Waals surface area contributed by atoms with E-state index in [-0.39, 0.29) is 22.0 Å². The molecule has 2 N–H and O–H groups in total. The number of anilines is 1. The van der Waals surface area contributed by atoms with Gasteiger partial charge in [0.25, 0.3) is 11.5 Å². The Hall–Kier alpha value is -2.37. The van der Waals surface area contributed by atoms with E-state index >= 15 is 0 Å². The molecule has 1 saturated carbocycles. The molecule has 0 spiro atoms. The Bertz CT molecular complexity index is 1180. The van der Waals surface area contributed by atoms with Crippen molar-refractivity contribution in [2.45, 2.75) is 30.5 Å². The first-order valence-electron chi connectivity index (χ1n) is 9.45. The van der Waals surface area contributed by atoms with E-state index in [1.54, 1.807) is 0 Å². The predicted molar refractivity (Wildman–Crippen MR) is 113 cm³/mol. The molecule has 1 aliphatic heterocycles. The minimum Gasteiger partial charge on any atom is -0.374 e. The predicted octanol–water partition coefficient (Wildman–Crippen LogP) is 6.47. The topological polar surface area (TPSA) is 62.7 Å². The second-order valence-corrected chi connectivity index (χ2v) is 8.93. The van der Waals surface area contributed by atoms with Crippen molar-refractivity contribution in [3.05, 3.63) is 62.3 Å². The molecule has 14 heteroatoms. The lowest BCUT2D eigenvalue weighted by atomic mass is 9.86. The van der Waals surface area contributed by atoms with E-state index in [2.05, 4.69) is 16.0 Å². The molecule has 0 aromatic heterocycles. The molecule has 0 saturated heterocycles. The number of benzene rings is 2. The van der Waals surface area contributed by atoms with Gasteiger partial charge in [0, 0.05) is 24.0 Å². The molecule has 0 bridgehead atoms. The minimum atomic E-state index is -5.00. The Morgan fingerprint density at radius 2 is 1.71 bits per heavy atom. The van der Waals surface area contributed by atoms with Crippen LogP contribution < -0.4 is 10.9 Å². The lowest BCUT2D eigenvalue weighted by Gasteiger charge is -2.29. The number of hydrogen-bond acceptors (Lipinski definition) is 4. The zero-order valence-electron chi connectivity index (χ0n) is 16.5. The fourth-order valence-corrected chi connectivity index (χ4v) is 4.01. The summed E-state index contributed by atoms with van der Waals surface area (Å²) < 4.78 is 82.2. The first kappa shape index (κ1) is 24.7. The summed E-state index contributed by atoms with van der Waals surface area (Å²) in [5, 5.41) is 2.36. The number of oxime groups is 1. The van der Waals surface area contributed by atoms with Gasteiger partial charge in [0.1, 0.15) is 5.92 Å². The van der Waals surface area contributed by atoms with Crippen LogP contribution >= 0.6 is 34.8 Å². The van der Waals surface area contributed by atoms with Gasteiger partial charge in [-0.2, -0.15) is 13.2 Å². The Labute approximate surface area is 202 Å². The van der Waals surface area contributed by atoms with Crippen LogP contribution in [0.3, 0.4) is 0 Å². The van der Waals surface area contributed by atoms with Crippen LogP contribution in [0, 0.1) is 11.7 Å². The smallest absolute Gasteiger partial charge is 0.374 e. The van der Waals surface area contributed by atoms with Crippen molar-refractivity contribution in [1.82, 2.24) is 5.43 Å². The molecule has 2 aromatic rings. The first-order valence-corrected chi connectivity index (χ1v) is 10.6. The summed E-state index contributed by atoms with van der Waals surface area (Å²) in [5.74, 6) is -6.60. The highest BCUT2D eigenvalue weighted by Gasteiger charge is 2.63. The van der Waals surface area contributed by atoms with Crippen molar-refractivity contribution in [2.75, 3.05) is 5.43 Å². The standard InChI is InChI=1S/C20H12Cl3F6N3O2/c21-11-2-1-8(3-14(11)30-31-17(33)10-6-19(10,25)26)15-7-18(34-32-15,20(27,28)29)9-4-12(22)16(24)13(23)5-9/h1-5,10,30H,6-7H2,(H,31,33)/t10-,18-/m1/s1. The van der Waals surface area contributed by atoms with Gasteiger partial charge in [-0.1, -0.05) is 46.0 Å². The molecule has 1 heterocycles. The Morgan fingerprint density at radius 3 is 2.26 bits per heavy atom. The molecule has 2 aliphatic rings. The highest BCUT2D eigenvalue weighted by atomic mass is 35.5. The van der Waals surface area contributed by atoms with Gasteiger partial charge in [-0.05, 0) is 24.3 Å². The van der Waals surface area contributed by atoms with Crippen molar-refractivity contribution in [3.63, 3.8) is 0 Å². The van der Waals surface area contributed by atoms with E-state index in [4.69, 9.17) is 39.6 Å². The van der Waals surface area contributed by atoms with E-state index in [0.29, 0.717) is 0 Å². The summed E-state index contributed by atoms with van der Waals surface area (Å²) in [6.07, 6.45) is -6.41. The van der Waals surface area contributed by atoms with Crippen molar-refractivity contribution in [2.24, 2.45) is 11.1 Å². The van der Waals surface area contributed by atoms with Gasteiger partial charge < -0.3 is 4.84 Å². The second-order valence-electron chi connectivity index (χ2n) is 7.71. The number of hydrogen-bond donors (Lipinski definition) is 2. The molecule has 34 heavy (non-hydrogen) atoms. The molecular weight excluding hydrogens is 535 g/mol. The number of carbonyl (C=O) groups is 1. The molecule has 1 amide bonds. The van der Waals surface area contributed by atoms with Gasteiger partial charge in [0.05, 0.1) is 26.5 Å². The lowest BCUT2D eigenvalue weighted by molar-refractivity contribution is -0.275. The highest BCUT2D eigenvalue weighted by Crippen LogP contribution is 2.50.